The molecule has 0 unspecified atom stereocenters. The lowest BCUT2D eigenvalue weighted by molar-refractivity contribution is -0.120. The van der Waals surface area contributed by atoms with Gasteiger partial charge in [-0.15, -0.1) is 16.8 Å². The molecule has 0 saturated heterocycles. The first kappa shape index (κ1) is 26.8. The number of hydrogen-bond donors (Lipinski definition) is 2. The van der Waals surface area contributed by atoms with Gasteiger partial charge in [-0.2, -0.15) is 5.10 Å². The van der Waals surface area contributed by atoms with E-state index in [0.717, 1.165) is 23.3 Å². The van der Waals surface area contributed by atoms with Gasteiger partial charge >= 0.3 is 0 Å². The van der Waals surface area contributed by atoms with Gasteiger partial charge in [0.15, 0.2) is 23.0 Å². The zero-order valence-corrected chi connectivity index (χ0v) is 21.4. The fourth-order valence-corrected chi connectivity index (χ4v) is 3.95. The summed E-state index contributed by atoms with van der Waals surface area (Å²) in [6.07, 6.45) is 4.03. The number of ether oxygens (including phenoxy) is 4. The Labute approximate surface area is 217 Å². The van der Waals surface area contributed by atoms with Crippen molar-refractivity contribution in [2.24, 2.45) is 5.10 Å². The molecule has 3 rings (SSSR count). The number of anilines is 1. The van der Waals surface area contributed by atoms with Crippen molar-refractivity contribution in [1.29, 1.82) is 0 Å². The summed E-state index contributed by atoms with van der Waals surface area (Å²) in [6.45, 7) is 4.22. The lowest BCUT2D eigenvalue weighted by Gasteiger charge is -2.15. The molecule has 1 amide bonds. The summed E-state index contributed by atoms with van der Waals surface area (Å²) in [6, 6.07) is 9.04. The molecule has 0 bridgehead atoms. The minimum atomic E-state index is -0.354. The Bertz CT molecular complexity index is 1230. The van der Waals surface area contributed by atoms with Crippen molar-refractivity contribution >= 4 is 40.2 Å². The van der Waals surface area contributed by atoms with Crippen molar-refractivity contribution in [1.82, 2.24) is 15.6 Å². The van der Waals surface area contributed by atoms with Gasteiger partial charge < -0.3 is 24.7 Å². The minimum absolute atomic E-state index is 0.0238. The van der Waals surface area contributed by atoms with E-state index in [1.165, 1.54) is 13.3 Å². The maximum atomic E-state index is 12.0. The first-order valence-electron chi connectivity index (χ1n) is 10.7. The molecule has 190 valence electrons. The molecule has 0 fully saturated rings. The van der Waals surface area contributed by atoms with Gasteiger partial charge in [-0.25, -0.2) is 5.43 Å². The van der Waals surface area contributed by atoms with Crippen LogP contribution in [0.25, 0.3) is 0 Å². The molecule has 0 spiro atoms. The zero-order chi connectivity index (χ0) is 25.9. The van der Waals surface area contributed by atoms with Crippen molar-refractivity contribution < 1.29 is 23.7 Å². The number of hydrazone groups is 1. The second-order valence-corrected chi connectivity index (χ2v) is 8.71. The average molecular weight is 532 g/mol. The third kappa shape index (κ3) is 7.59. The SMILES string of the molecule is C=CCc1ccc(OCCOc2c(Cl)cc(C=NNC(=O)Cc3nnc(N)s3)cc2OC)c(OC)c1. The maximum Gasteiger partial charge on any atom is 0.247 e. The van der Waals surface area contributed by atoms with Gasteiger partial charge in [0.05, 0.1) is 31.9 Å². The van der Waals surface area contributed by atoms with E-state index in [1.54, 1.807) is 19.2 Å². The van der Waals surface area contributed by atoms with Crippen LogP contribution in [0.4, 0.5) is 5.13 Å². The molecule has 0 aliphatic rings. The summed E-state index contributed by atoms with van der Waals surface area (Å²) in [7, 11) is 3.09. The van der Waals surface area contributed by atoms with Crippen LogP contribution < -0.4 is 30.1 Å². The molecule has 0 radical (unpaired) electrons. The molecule has 0 aliphatic heterocycles. The third-order valence-electron chi connectivity index (χ3n) is 4.64. The molecule has 0 saturated carbocycles. The number of nitrogens with two attached hydrogens (primary N) is 1. The van der Waals surface area contributed by atoms with E-state index in [9.17, 15) is 4.79 Å². The van der Waals surface area contributed by atoms with Crippen LogP contribution in [0.5, 0.6) is 23.0 Å². The van der Waals surface area contributed by atoms with E-state index < -0.39 is 0 Å². The summed E-state index contributed by atoms with van der Waals surface area (Å²) in [5.41, 5.74) is 9.61. The predicted molar refractivity (Wildman–Crippen MR) is 140 cm³/mol. The van der Waals surface area contributed by atoms with E-state index in [2.05, 4.69) is 27.3 Å². The highest BCUT2D eigenvalue weighted by molar-refractivity contribution is 7.15. The van der Waals surface area contributed by atoms with Crippen molar-refractivity contribution in [2.75, 3.05) is 33.2 Å². The summed E-state index contributed by atoms with van der Waals surface area (Å²) >= 11 is 7.55. The Balaban J connectivity index is 1.55. The van der Waals surface area contributed by atoms with Crippen LogP contribution >= 0.6 is 22.9 Å². The quantitative estimate of drug-likeness (QED) is 0.148. The standard InChI is InChI=1S/C24H26ClN5O5S/c1-4-5-15-6-7-18(19(11-15)32-2)34-8-9-35-23-17(25)10-16(12-20(23)33-3)14-27-28-21(31)13-22-29-30-24(26)36-22/h4,6-7,10-12,14H,1,5,8-9,13H2,2-3H3,(H2,26,30)(H,28,31). The Morgan fingerprint density at radius 2 is 1.92 bits per heavy atom. The second-order valence-electron chi connectivity index (χ2n) is 7.21. The third-order valence-corrected chi connectivity index (χ3v) is 5.68. The molecule has 0 aliphatic carbocycles. The zero-order valence-electron chi connectivity index (χ0n) is 19.8. The topological polar surface area (TPSA) is 130 Å². The summed E-state index contributed by atoms with van der Waals surface area (Å²) < 4.78 is 22.4. The van der Waals surface area contributed by atoms with E-state index in [-0.39, 0.29) is 25.5 Å². The lowest BCUT2D eigenvalue weighted by atomic mass is 10.1. The Morgan fingerprint density at radius 3 is 2.61 bits per heavy atom. The van der Waals surface area contributed by atoms with Gasteiger partial charge in [-0.1, -0.05) is 35.1 Å². The summed E-state index contributed by atoms with van der Waals surface area (Å²) in [5, 5.41) is 12.5. The highest BCUT2D eigenvalue weighted by atomic mass is 35.5. The molecule has 2 aromatic carbocycles. The number of benzene rings is 2. The number of halogens is 1. The highest BCUT2D eigenvalue weighted by Crippen LogP contribution is 2.36. The number of methoxy groups -OCH3 is 2. The minimum Gasteiger partial charge on any atom is -0.493 e. The Hall–Kier alpha value is -3.83. The van der Waals surface area contributed by atoms with Crippen molar-refractivity contribution in [3.8, 4) is 23.0 Å². The van der Waals surface area contributed by atoms with Crippen LogP contribution in [0, 0.1) is 0 Å². The molecule has 0 atom stereocenters. The van der Waals surface area contributed by atoms with Gasteiger partial charge in [-0.3, -0.25) is 4.79 Å². The lowest BCUT2D eigenvalue weighted by Crippen LogP contribution is -2.19. The van der Waals surface area contributed by atoms with Crippen LogP contribution in [-0.2, 0) is 17.6 Å². The number of nitrogens with zero attached hydrogens (tertiary/aromatic N) is 3. The molecule has 1 heterocycles. The number of nitrogen functional groups attached to an aromatic ring is 1. The predicted octanol–water partition coefficient (Wildman–Crippen LogP) is 3.67. The van der Waals surface area contributed by atoms with E-state index in [0.29, 0.717) is 43.7 Å². The number of rotatable bonds is 13. The Kier molecular flexibility index (Phi) is 9.90. The van der Waals surface area contributed by atoms with Gasteiger partial charge in [0.1, 0.15) is 18.2 Å². The molecular formula is C24H26ClN5O5S. The van der Waals surface area contributed by atoms with Gasteiger partial charge in [0.25, 0.3) is 0 Å². The smallest absolute Gasteiger partial charge is 0.247 e. The van der Waals surface area contributed by atoms with Crippen LogP contribution in [0.1, 0.15) is 16.1 Å². The van der Waals surface area contributed by atoms with Crippen LogP contribution in [0.15, 0.2) is 48.1 Å². The van der Waals surface area contributed by atoms with E-state index in [4.69, 9.17) is 36.3 Å². The maximum absolute atomic E-state index is 12.0. The summed E-state index contributed by atoms with van der Waals surface area (Å²) in [5.74, 6) is 1.66. The largest absolute Gasteiger partial charge is 0.493 e. The van der Waals surface area contributed by atoms with Crippen molar-refractivity contribution in [2.45, 2.75) is 12.8 Å². The molecule has 10 nitrogen and oxygen atoms in total. The van der Waals surface area contributed by atoms with Gasteiger partial charge in [-0.05, 0) is 41.8 Å². The number of carbonyl (C=O) groups is 1. The van der Waals surface area contributed by atoms with E-state index >= 15 is 0 Å². The molecule has 3 N–H and O–H groups in total. The van der Waals surface area contributed by atoms with Crippen LogP contribution in [0.2, 0.25) is 5.02 Å². The molecule has 12 heteroatoms. The van der Waals surface area contributed by atoms with Crippen LogP contribution in [0.3, 0.4) is 0 Å². The van der Waals surface area contributed by atoms with Crippen molar-refractivity contribution in [3.05, 3.63) is 64.1 Å². The van der Waals surface area contributed by atoms with E-state index in [1.807, 2.05) is 24.3 Å². The number of aromatic nitrogens is 2. The number of hydrogen-bond acceptors (Lipinski definition) is 10. The average Bonchev–Trinajstić information content (AvgIpc) is 3.27. The Morgan fingerprint density at radius 1 is 1.14 bits per heavy atom. The second kappa shape index (κ2) is 13.3. The van der Waals surface area contributed by atoms with Crippen molar-refractivity contribution in [3.63, 3.8) is 0 Å². The first-order chi connectivity index (χ1) is 17.4. The monoisotopic (exact) mass is 531 g/mol. The van der Waals surface area contributed by atoms with Crippen LogP contribution in [-0.4, -0.2) is 49.8 Å². The summed E-state index contributed by atoms with van der Waals surface area (Å²) in [4.78, 5) is 12.0. The number of carbonyl (C=O) groups excluding carboxylic acids is 1. The normalized spacial score (nSPS) is 10.8. The molecule has 1 aromatic heterocycles. The number of amides is 1. The first-order valence-corrected chi connectivity index (χ1v) is 11.9. The number of allylic oxidation sites excluding steroid dienone is 1. The number of nitrogens with one attached hydrogen (secondary N) is 1. The fourth-order valence-electron chi connectivity index (χ4n) is 3.07. The van der Waals surface area contributed by atoms with Gasteiger partial charge in [0.2, 0.25) is 11.0 Å². The molecule has 3 aromatic rings. The molecule has 36 heavy (non-hydrogen) atoms. The fraction of sp³-hybridized carbons (Fsp3) is 0.250. The molecular weight excluding hydrogens is 506 g/mol. The van der Waals surface area contributed by atoms with Gasteiger partial charge in [0, 0.05) is 0 Å². The highest BCUT2D eigenvalue weighted by Gasteiger charge is 2.13.